The molecule has 1 saturated carbocycles. The van der Waals surface area contributed by atoms with Crippen LogP contribution in [0, 0.1) is 55.7 Å². The van der Waals surface area contributed by atoms with Gasteiger partial charge in [-0.2, -0.15) is 18.4 Å². The van der Waals surface area contributed by atoms with Crippen molar-refractivity contribution in [3.63, 3.8) is 0 Å². The fraction of sp³-hybridized carbons (Fsp3) is 0.833. The van der Waals surface area contributed by atoms with Gasteiger partial charge in [0.05, 0.1) is 5.57 Å². The number of ketones is 2. The lowest BCUT2D eigenvalue weighted by molar-refractivity contribution is -0.157. The monoisotopic (exact) mass is 622 g/mol. The van der Waals surface area contributed by atoms with Crippen LogP contribution in [-0.2, 0) is 14.4 Å². The van der Waals surface area contributed by atoms with Crippen LogP contribution in [0.5, 0.6) is 0 Å². The molecule has 2 aliphatic rings. The number of nitrogens with zero attached hydrogens (tertiary/aromatic N) is 1. The largest absolute Gasteiger partial charge is 0.405 e. The lowest BCUT2D eigenvalue weighted by Crippen LogP contribution is -2.60. The molecule has 250 valence electrons. The number of hydrogen-bond donors (Lipinski definition) is 1. The fourth-order valence-corrected chi connectivity index (χ4v) is 8.74. The van der Waals surface area contributed by atoms with E-state index in [0.29, 0.717) is 32.1 Å². The van der Waals surface area contributed by atoms with Crippen molar-refractivity contribution in [1.29, 1.82) is 5.26 Å². The average molecular weight is 623 g/mol. The zero-order chi connectivity index (χ0) is 34.2. The summed E-state index contributed by atoms with van der Waals surface area (Å²) in [7, 11) is 0. The topological polar surface area (TPSA) is 87.0 Å². The van der Waals surface area contributed by atoms with Gasteiger partial charge < -0.3 is 10.1 Å². The first-order chi connectivity index (χ1) is 19.8. The minimum absolute atomic E-state index is 0.0371. The molecule has 0 spiro atoms. The molecule has 0 heterocycles. The summed E-state index contributed by atoms with van der Waals surface area (Å²) in [5, 5.41) is 12.1. The molecule has 44 heavy (non-hydrogen) atoms. The van der Waals surface area contributed by atoms with Gasteiger partial charge in [-0.25, -0.2) is 0 Å². The number of rotatable bonds is 13. The number of hydrogen-bond acceptors (Lipinski definition) is 4. The summed E-state index contributed by atoms with van der Waals surface area (Å²) in [4.78, 5) is 39.5. The van der Waals surface area contributed by atoms with Gasteiger partial charge in [0, 0.05) is 17.3 Å². The van der Waals surface area contributed by atoms with Gasteiger partial charge in [0.15, 0.2) is 5.78 Å². The Labute approximate surface area is 264 Å². The molecular weight excluding hydrogens is 565 g/mol. The Morgan fingerprint density at radius 2 is 1.57 bits per heavy atom. The van der Waals surface area contributed by atoms with Crippen LogP contribution in [0.25, 0.3) is 0 Å². The van der Waals surface area contributed by atoms with Crippen LogP contribution in [0.1, 0.15) is 134 Å². The molecule has 5 atom stereocenters. The molecule has 1 N–H and O–H groups in total. The van der Waals surface area contributed by atoms with Crippen LogP contribution >= 0.6 is 0 Å². The van der Waals surface area contributed by atoms with E-state index in [1.807, 2.05) is 19.9 Å². The second-order valence-electron chi connectivity index (χ2n) is 16.7. The highest BCUT2D eigenvalue weighted by atomic mass is 19.4. The number of carbonyl (C=O) groups is 3. The molecule has 2 aliphatic carbocycles. The van der Waals surface area contributed by atoms with Crippen molar-refractivity contribution in [3.05, 3.63) is 11.6 Å². The van der Waals surface area contributed by atoms with Gasteiger partial charge in [0.1, 0.15) is 18.4 Å². The second-order valence-corrected chi connectivity index (χ2v) is 16.7. The maximum atomic E-state index is 13.5. The SMILES string of the molecule is CCCC(C)(C)CC[C@@](C)(CCC(C)(C)[C@]1(C)CC[C@H]2C(C)(C)C(=O)C(C#N)=C[C@]2(C)[C@H]1CC(C)=O)C(=O)NCC(F)(F)F. The molecule has 0 aromatic rings. The number of halogens is 3. The number of fused-ring (bicyclic) bond motifs is 1. The Morgan fingerprint density at radius 3 is 2.07 bits per heavy atom. The molecule has 0 radical (unpaired) electrons. The molecular formula is C36H57F3N2O3. The van der Waals surface area contributed by atoms with Crippen LogP contribution in [0.15, 0.2) is 11.6 Å². The van der Waals surface area contributed by atoms with Crippen molar-refractivity contribution in [2.24, 2.45) is 44.3 Å². The average Bonchev–Trinajstić information content (AvgIpc) is 2.88. The molecule has 0 aromatic heterocycles. The fourth-order valence-electron chi connectivity index (χ4n) is 8.74. The summed E-state index contributed by atoms with van der Waals surface area (Å²) in [5.41, 5.74) is -3.08. The summed E-state index contributed by atoms with van der Waals surface area (Å²) >= 11 is 0. The molecule has 0 bridgehead atoms. The van der Waals surface area contributed by atoms with Crippen molar-refractivity contribution in [2.75, 3.05) is 6.54 Å². The lowest BCUT2D eigenvalue weighted by atomic mass is 9.39. The Bertz CT molecular complexity index is 1180. The third kappa shape index (κ3) is 7.79. The summed E-state index contributed by atoms with van der Waals surface area (Å²) in [5.74, 6) is -0.917. The Balaban J connectivity index is 2.53. The summed E-state index contributed by atoms with van der Waals surface area (Å²) in [6, 6.07) is 2.12. The zero-order valence-corrected chi connectivity index (χ0v) is 29.1. The van der Waals surface area contributed by atoms with Crippen molar-refractivity contribution in [1.82, 2.24) is 5.32 Å². The Morgan fingerprint density at radius 1 is 1.00 bits per heavy atom. The number of amides is 1. The highest BCUT2D eigenvalue weighted by Gasteiger charge is 2.63. The molecule has 0 aliphatic heterocycles. The van der Waals surface area contributed by atoms with Crippen LogP contribution in [0.2, 0.25) is 0 Å². The van der Waals surface area contributed by atoms with Crippen molar-refractivity contribution in [3.8, 4) is 6.07 Å². The number of alkyl halides is 3. The van der Waals surface area contributed by atoms with Gasteiger partial charge in [-0.1, -0.05) is 81.7 Å². The van der Waals surface area contributed by atoms with E-state index in [9.17, 15) is 32.8 Å². The normalized spacial score (nSPS) is 28.8. The minimum atomic E-state index is -4.50. The number of allylic oxidation sites excluding steroid dienone is 2. The third-order valence-corrected chi connectivity index (χ3v) is 12.1. The Hall–Kier alpha value is -2.17. The number of nitriles is 1. The molecule has 5 nitrogen and oxygen atoms in total. The van der Waals surface area contributed by atoms with E-state index in [-0.39, 0.29) is 34.4 Å². The number of Topliss-reactive ketones (excluding diaryl/α,β-unsaturated/α-hetero) is 2. The maximum absolute atomic E-state index is 13.5. The molecule has 8 heteroatoms. The van der Waals surface area contributed by atoms with Crippen molar-refractivity contribution >= 4 is 17.5 Å². The van der Waals surface area contributed by atoms with E-state index in [0.717, 1.165) is 25.7 Å². The van der Waals surface area contributed by atoms with E-state index in [2.05, 4.69) is 59.9 Å². The zero-order valence-electron chi connectivity index (χ0n) is 29.1. The third-order valence-electron chi connectivity index (χ3n) is 12.1. The van der Waals surface area contributed by atoms with E-state index in [1.165, 1.54) is 0 Å². The van der Waals surface area contributed by atoms with Gasteiger partial charge in [-0.15, -0.1) is 0 Å². The van der Waals surface area contributed by atoms with Crippen molar-refractivity contribution < 1.29 is 27.6 Å². The van der Waals surface area contributed by atoms with Gasteiger partial charge >= 0.3 is 6.18 Å². The van der Waals surface area contributed by atoms with Gasteiger partial charge in [-0.3, -0.25) is 9.59 Å². The minimum Gasteiger partial charge on any atom is -0.347 e. The predicted molar refractivity (Wildman–Crippen MR) is 168 cm³/mol. The molecule has 1 fully saturated rings. The summed E-state index contributed by atoms with van der Waals surface area (Å²) < 4.78 is 39.3. The molecule has 1 amide bonds. The first kappa shape index (κ1) is 38.0. The van der Waals surface area contributed by atoms with E-state index >= 15 is 0 Å². The Kier molecular flexibility index (Phi) is 11.2. The maximum Gasteiger partial charge on any atom is 0.405 e. The van der Waals surface area contributed by atoms with Crippen LogP contribution in [-0.4, -0.2) is 30.2 Å². The molecule has 0 saturated heterocycles. The highest BCUT2D eigenvalue weighted by molar-refractivity contribution is 6.04. The quantitative estimate of drug-likeness (QED) is 0.222. The first-order valence-corrected chi connectivity index (χ1v) is 16.3. The van der Waals surface area contributed by atoms with Gasteiger partial charge in [-0.05, 0) is 85.4 Å². The van der Waals surface area contributed by atoms with Gasteiger partial charge in [0.2, 0.25) is 5.91 Å². The molecule has 0 aromatic carbocycles. The smallest absolute Gasteiger partial charge is 0.347 e. The van der Waals surface area contributed by atoms with Crippen LogP contribution in [0.3, 0.4) is 0 Å². The predicted octanol–water partition coefficient (Wildman–Crippen LogP) is 9.16. The first-order valence-electron chi connectivity index (χ1n) is 16.3. The van der Waals surface area contributed by atoms with Crippen LogP contribution < -0.4 is 5.32 Å². The van der Waals surface area contributed by atoms with E-state index < -0.39 is 45.7 Å². The lowest BCUT2D eigenvalue weighted by Gasteiger charge is -2.64. The van der Waals surface area contributed by atoms with Gasteiger partial charge in [0.25, 0.3) is 0 Å². The standard InChI is InChI=1S/C36H57F3N2O3/c1-12-14-30(3,4)16-18-33(9,29(44)41-23-36(37,38)39)19-17-31(5,6)35(11)15-13-26-32(7,8)28(43)25(22-40)21-34(26,10)27(35)20-24(2)42/h21,26-27H,12-20,23H2,1-11H3,(H,41,44)/t26-,27+,33-,34-,35+/m0/s1. The number of carbonyl (C=O) groups excluding carboxylic acids is 3. The number of nitrogens with one attached hydrogen (secondary N) is 1. The van der Waals surface area contributed by atoms with Crippen LogP contribution in [0.4, 0.5) is 13.2 Å². The highest BCUT2D eigenvalue weighted by Crippen LogP contribution is 2.68. The second kappa shape index (κ2) is 12.9. The molecule has 0 unspecified atom stereocenters. The van der Waals surface area contributed by atoms with Crippen molar-refractivity contribution in [2.45, 2.75) is 140 Å². The van der Waals surface area contributed by atoms with E-state index in [1.54, 1.807) is 13.8 Å². The van der Waals surface area contributed by atoms with E-state index in [4.69, 9.17) is 0 Å². The summed E-state index contributed by atoms with van der Waals surface area (Å²) in [6.07, 6.45) is 3.22. The molecule has 2 rings (SSSR count). The summed E-state index contributed by atoms with van der Waals surface area (Å²) in [6.45, 7) is 20.8.